The Morgan fingerprint density at radius 2 is 2.27 bits per heavy atom. The van der Waals surface area contributed by atoms with Crippen LogP contribution in [0.15, 0.2) is 30.3 Å². The number of aliphatic hydroxyl groups is 1. The van der Waals surface area contributed by atoms with Gasteiger partial charge in [-0.3, -0.25) is 0 Å². The molecule has 0 aromatic heterocycles. The number of aliphatic hydroxyl groups excluding tert-OH is 1. The molecule has 0 heterocycles. The Bertz CT molecular complexity index is 357. The smallest absolute Gasteiger partial charge is 0.328 e. The molecule has 0 amide bonds. The molecule has 0 bridgehead atoms. The number of benzene rings is 1. The van der Waals surface area contributed by atoms with Crippen molar-refractivity contribution in [2.24, 2.45) is 0 Å². The Labute approximate surface area is 87.4 Å². The minimum absolute atomic E-state index is 0.0464. The second kappa shape index (κ2) is 5.82. The number of aliphatic carboxylic acids is 1. The first-order valence-corrected chi connectivity index (χ1v) is 4.47. The van der Waals surface area contributed by atoms with Crippen LogP contribution in [-0.2, 0) is 4.79 Å². The first-order valence-electron chi connectivity index (χ1n) is 4.47. The molecular formula is C11H12O4. The van der Waals surface area contributed by atoms with Crippen molar-refractivity contribution in [2.45, 2.75) is 0 Å². The van der Waals surface area contributed by atoms with E-state index in [2.05, 4.69) is 0 Å². The van der Waals surface area contributed by atoms with Gasteiger partial charge in [-0.25, -0.2) is 4.79 Å². The van der Waals surface area contributed by atoms with Gasteiger partial charge in [0.15, 0.2) is 0 Å². The summed E-state index contributed by atoms with van der Waals surface area (Å²) < 4.78 is 5.17. The molecular weight excluding hydrogens is 196 g/mol. The summed E-state index contributed by atoms with van der Waals surface area (Å²) in [6, 6.07) is 6.97. The fourth-order valence-corrected chi connectivity index (χ4v) is 1.04. The van der Waals surface area contributed by atoms with Crippen molar-refractivity contribution < 1.29 is 19.7 Å². The van der Waals surface area contributed by atoms with Crippen LogP contribution in [0.4, 0.5) is 0 Å². The van der Waals surface area contributed by atoms with Crippen molar-refractivity contribution in [2.75, 3.05) is 13.2 Å². The molecule has 1 rings (SSSR count). The van der Waals surface area contributed by atoms with Crippen molar-refractivity contribution in [1.82, 2.24) is 0 Å². The van der Waals surface area contributed by atoms with E-state index in [-0.39, 0.29) is 13.2 Å². The molecule has 0 aliphatic rings. The Morgan fingerprint density at radius 3 is 2.93 bits per heavy atom. The van der Waals surface area contributed by atoms with E-state index in [9.17, 15) is 4.79 Å². The monoisotopic (exact) mass is 208 g/mol. The van der Waals surface area contributed by atoms with Crippen LogP contribution in [0.25, 0.3) is 6.08 Å². The van der Waals surface area contributed by atoms with Crippen LogP contribution in [0, 0.1) is 0 Å². The highest BCUT2D eigenvalue weighted by atomic mass is 16.5. The molecule has 0 saturated heterocycles. The van der Waals surface area contributed by atoms with Crippen molar-refractivity contribution in [3.8, 4) is 5.75 Å². The minimum Gasteiger partial charge on any atom is -0.491 e. The highest BCUT2D eigenvalue weighted by Gasteiger charge is 1.94. The Hall–Kier alpha value is -1.81. The molecule has 0 unspecified atom stereocenters. The van der Waals surface area contributed by atoms with Crippen molar-refractivity contribution in [3.05, 3.63) is 35.9 Å². The Balaban J connectivity index is 2.69. The van der Waals surface area contributed by atoms with E-state index in [1.165, 1.54) is 6.08 Å². The van der Waals surface area contributed by atoms with Crippen molar-refractivity contribution in [3.63, 3.8) is 0 Å². The van der Waals surface area contributed by atoms with E-state index in [4.69, 9.17) is 14.9 Å². The molecule has 0 radical (unpaired) electrons. The Morgan fingerprint density at radius 1 is 1.47 bits per heavy atom. The van der Waals surface area contributed by atoms with Crippen LogP contribution >= 0.6 is 0 Å². The predicted octanol–water partition coefficient (Wildman–Crippen LogP) is 1.16. The number of rotatable bonds is 5. The zero-order valence-electron chi connectivity index (χ0n) is 8.09. The third-order valence-corrected chi connectivity index (χ3v) is 1.64. The van der Waals surface area contributed by atoms with Gasteiger partial charge < -0.3 is 14.9 Å². The maximum Gasteiger partial charge on any atom is 0.328 e. The molecule has 0 aliphatic heterocycles. The maximum atomic E-state index is 10.3. The fourth-order valence-electron chi connectivity index (χ4n) is 1.04. The van der Waals surface area contributed by atoms with E-state index in [0.29, 0.717) is 5.75 Å². The van der Waals surface area contributed by atoms with E-state index in [0.717, 1.165) is 11.6 Å². The van der Waals surface area contributed by atoms with Gasteiger partial charge in [0.1, 0.15) is 12.4 Å². The van der Waals surface area contributed by atoms with Gasteiger partial charge in [0.05, 0.1) is 6.61 Å². The lowest BCUT2D eigenvalue weighted by atomic mass is 10.2. The third-order valence-electron chi connectivity index (χ3n) is 1.64. The van der Waals surface area contributed by atoms with E-state index in [1.54, 1.807) is 24.3 Å². The summed E-state index contributed by atoms with van der Waals surface area (Å²) in [6.45, 7) is 0.182. The SMILES string of the molecule is O=C(O)C=Cc1cccc(OCCO)c1. The molecule has 4 nitrogen and oxygen atoms in total. The highest BCUT2D eigenvalue weighted by molar-refractivity contribution is 5.85. The molecule has 80 valence electrons. The van der Waals surface area contributed by atoms with Crippen LogP contribution in [0.3, 0.4) is 0 Å². The summed E-state index contributed by atoms with van der Waals surface area (Å²) in [4.78, 5) is 10.3. The highest BCUT2D eigenvalue weighted by Crippen LogP contribution is 2.14. The van der Waals surface area contributed by atoms with Gasteiger partial charge in [0.25, 0.3) is 0 Å². The van der Waals surface area contributed by atoms with Gasteiger partial charge in [0.2, 0.25) is 0 Å². The van der Waals surface area contributed by atoms with Crippen LogP contribution in [0.1, 0.15) is 5.56 Å². The molecule has 0 saturated carbocycles. The number of hydrogen-bond acceptors (Lipinski definition) is 3. The molecule has 0 atom stereocenters. The molecule has 4 heteroatoms. The summed E-state index contributed by atoms with van der Waals surface area (Å²) in [5.74, 6) is -0.381. The topological polar surface area (TPSA) is 66.8 Å². The average Bonchev–Trinajstić information content (AvgIpc) is 2.24. The number of ether oxygens (including phenoxy) is 1. The molecule has 0 fully saturated rings. The molecule has 2 N–H and O–H groups in total. The Kier molecular flexibility index (Phi) is 4.37. The van der Waals surface area contributed by atoms with Crippen molar-refractivity contribution >= 4 is 12.0 Å². The molecule has 1 aromatic carbocycles. The maximum absolute atomic E-state index is 10.3. The van der Waals surface area contributed by atoms with Crippen LogP contribution in [-0.4, -0.2) is 29.4 Å². The molecule has 0 spiro atoms. The van der Waals surface area contributed by atoms with Gasteiger partial charge >= 0.3 is 5.97 Å². The summed E-state index contributed by atoms with van der Waals surface area (Å²) >= 11 is 0. The summed E-state index contributed by atoms with van der Waals surface area (Å²) in [5, 5.41) is 17.0. The van der Waals surface area contributed by atoms with E-state index < -0.39 is 5.97 Å². The van der Waals surface area contributed by atoms with Gasteiger partial charge in [-0.15, -0.1) is 0 Å². The van der Waals surface area contributed by atoms with Gasteiger partial charge in [0, 0.05) is 6.08 Å². The van der Waals surface area contributed by atoms with Crippen LogP contribution < -0.4 is 4.74 Å². The standard InChI is InChI=1S/C11H12O4/c12-6-7-15-10-3-1-2-9(8-10)4-5-11(13)14/h1-5,8,12H,6-7H2,(H,13,14). The summed E-state index contributed by atoms with van der Waals surface area (Å²) in [5.41, 5.74) is 0.743. The lowest BCUT2D eigenvalue weighted by Crippen LogP contribution is -2.01. The number of carbonyl (C=O) groups is 1. The van der Waals surface area contributed by atoms with Gasteiger partial charge in [-0.05, 0) is 23.8 Å². The minimum atomic E-state index is -0.989. The predicted molar refractivity (Wildman–Crippen MR) is 55.7 cm³/mol. The van der Waals surface area contributed by atoms with Gasteiger partial charge in [-0.1, -0.05) is 12.1 Å². The number of carboxylic acid groups (broad SMARTS) is 1. The molecule has 15 heavy (non-hydrogen) atoms. The second-order valence-electron chi connectivity index (χ2n) is 2.82. The number of hydrogen-bond donors (Lipinski definition) is 2. The van der Waals surface area contributed by atoms with Crippen LogP contribution in [0.2, 0.25) is 0 Å². The zero-order valence-corrected chi connectivity index (χ0v) is 8.09. The zero-order chi connectivity index (χ0) is 11.1. The van der Waals surface area contributed by atoms with E-state index >= 15 is 0 Å². The van der Waals surface area contributed by atoms with Crippen LogP contribution in [0.5, 0.6) is 5.75 Å². The molecule has 0 aliphatic carbocycles. The second-order valence-corrected chi connectivity index (χ2v) is 2.82. The number of carboxylic acids is 1. The van der Waals surface area contributed by atoms with Gasteiger partial charge in [-0.2, -0.15) is 0 Å². The third kappa shape index (κ3) is 4.28. The quantitative estimate of drug-likeness (QED) is 0.712. The first kappa shape index (κ1) is 11.3. The lowest BCUT2D eigenvalue weighted by molar-refractivity contribution is -0.131. The largest absolute Gasteiger partial charge is 0.491 e. The normalized spacial score (nSPS) is 10.5. The van der Waals surface area contributed by atoms with E-state index in [1.807, 2.05) is 0 Å². The molecule has 1 aromatic rings. The lowest BCUT2D eigenvalue weighted by Gasteiger charge is -2.04. The fraction of sp³-hybridized carbons (Fsp3) is 0.182. The van der Waals surface area contributed by atoms with Crippen molar-refractivity contribution in [1.29, 1.82) is 0 Å². The summed E-state index contributed by atoms with van der Waals surface area (Å²) in [7, 11) is 0. The summed E-state index contributed by atoms with van der Waals surface area (Å²) in [6.07, 6.45) is 2.54. The average molecular weight is 208 g/mol. The first-order chi connectivity index (χ1) is 7.22.